The highest BCUT2D eigenvalue weighted by Gasteiger charge is 2.18. The Hall–Kier alpha value is -2.32. The molecule has 0 bridgehead atoms. The van der Waals surface area contributed by atoms with Gasteiger partial charge < -0.3 is 11.1 Å². The number of carbonyl (C=O) groups is 1. The van der Waals surface area contributed by atoms with Crippen molar-refractivity contribution < 1.29 is 4.79 Å². The van der Waals surface area contributed by atoms with Crippen LogP contribution in [0, 0.1) is 18.3 Å². The van der Waals surface area contributed by atoms with E-state index in [4.69, 9.17) is 5.73 Å². The second-order valence-electron chi connectivity index (χ2n) is 4.82. The van der Waals surface area contributed by atoms with E-state index in [1.54, 1.807) is 0 Å². The van der Waals surface area contributed by atoms with Crippen molar-refractivity contribution in [2.75, 3.05) is 17.6 Å². The average molecular weight is 299 g/mol. The van der Waals surface area contributed by atoms with Gasteiger partial charge in [0.1, 0.15) is 16.6 Å². The number of thiophene rings is 1. The standard InChI is InChI=1S/C16H17N3OS/c1-10-5-3-4-6-12(10)7-8-19-16-13(9-17)14(18)15(21-16)11(2)20/h3-6,19H,7-8,18H2,1-2H3. The minimum absolute atomic E-state index is 0.110. The summed E-state index contributed by atoms with van der Waals surface area (Å²) in [4.78, 5) is 11.9. The molecule has 0 fully saturated rings. The second kappa shape index (κ2) is 6.42. The molecule has 2 rings (SSSR count). The first kappa shape index (κ1) is 15.1. The van der Waals surface area contributed by atoms with Crippen LogP contribution in [0.3, 0.4) is 0 Å². The molecule has 0 aliphatic heterocycles. The summed E-state index contributed by atoms with van der Waals surface area (Å²) in [5.74, 6) is -0.110. The molecule has 0 aliphatic carbocycles. The number of Topliss-reactive ketones (excluding diaryl/α,β-unsaturated/α-hetero) is 1. The van der Waals surface area contributed by atoms with Crippen LogP contribution >= 0.6 is 11.3 Å². The van der Waals surface area contributed by atoms with E-state index in [0.29, 0.717) is 22.0 Å². The highest BCUT2D eigenvalue weighted by molar-refractivity contribution is 7.18. The smallest absolute Gasteiger partial charge is 0.171 e. The molecule has 0 radical (unpaired) electrons. The number of carbonyl (C=O) groups excluding carboxylic acids is 1. The third-order valence-corrected chi connectivity index (χ3v) is 4.58. The molecule has 0 amide bonds. The monoisotopic (exact) mass is 299 g/mol. The van der Waals surface area contributed by atoms with Crippen molar-refractivity contribution in [2.24, 2.45) is 0 Å². The van der Waals surface area contributed by atoms with E-state index >= 15 is 0 Å². The minimum Gasteiger partial charge on any atom is -0.396 e. The van der Waals surface area contributed by atoms with Gasteiger partial charge >= 0.3 is 0 Å². The van der Waals surface area contributed by atoms with Gasteiger partial charge in [-0.2, -0.15) is 5.26 Å². The van der Waals surface area contributed by atoms with Gasteiger partial charge in [0.2, 0.25) is 0 Å². The first-order valence-electron chi connectivity index (χ1n) is 6.66. The predicted octanol–water partition coefficient (Wildman–Crippen LogP) is 3.37. The molecule has 0 saturated heterocycles. The van der Waals surface area contributed by atoms with Crippen LogP contribution in [0.5, 0.6) is 0 Å². The molecule has 108 valence electrons. The van der Waals surface area contributed by atoms with Crippen LogP contribution in [0.4, 0.5) is 10.7 Å². The lowest BCUT2D eigenvalue weighted by Gasteiger charge is -2.07. The van der Waals surface area contributed by atoms with Crippen LogP contribution in [0.15, 0.2) is 24.3 Å². The Labute approximate surface area is 128 Å². The molecule has 5 heteroatoms. The third kappa shape index (κ3) is 3.23. The maximum Gasteiger partial charge on any atom is 0.171 e. The van der Waals surface area contributed by atoms with E-state index in [9.17, 15) is 10.1 Å². The van der Waals surface area contributed by atoms with Gasteiger partial charge in [-0.05, 0) is 24.5 Å². The zero-order chi connectivity index (χ0) is 15.4. The summed E-state index contributed by atoms with van der Waals surface area (Å²) in [5, 5.41) is 13.1. The zero-order valence-electron chi connectivity index (χ0n) is 12.1. The number of nitrogens with zero attached hydrogens (tertiary/aromatic N) is 1. The van der Waals surface area contributed by atoms with Crippen molar-refractivity contribution in [1.82, 2.24) is 0 Å². The number of nitrogens with two attached hydrogens (primary N) is 1. The summed E-state index contributed by atoms with van der Waals surface area (Å²) in [6.07, 6.45) is 0.852. The molecule has 0 atom stereocenters. The Morgan fingerprint density at radius 3 is 2.76 bits per heavy atom. The van der Waals surface area contributed by atoms with E-state index in [0.717, 1.165) is 6.42 Å². The number of nitriles is 1. The number of anilines is 2. The molecule has 1 aromatic heterocycles. The molecule has 1 aromatic carbocycles. The Bertz CT molecular complexity index is 713. The highest BCUT2D eigenvalue weighted by atomic mass is 32.1. The van der Waals surface area contributed by atoms with Crippen LogP contribution in [-0.4, -0.2) is 12.3 Å². The molecule has 4 nitrogen and oxygen atoms in total. The minimum atomic E-state index is -0.110. The molecule has 2 aromatic rings. The van der Waals surface area contributed by atoms with Crippen molar-refractivity contribution >= 4 is 27.8 Å². The van der Waals surface area contributed by atoms with Crippen LogP contribution in [0.1, 0.15) is 33.3 Å². The Morgan fingerprint density at radius 2 is 2.14 bits per heavy atom. The lowest BCUT2D eigenvalue weighted by atomic mass is 10.1. The van der Waals surface area contributed by atoms with Gasteiger partial charge in [-0.3, -0.25) is 4.79 Å². The van der Waals surface area contributed by atoms with Gasteiger partial charge in [-0.15, -0.1) is 11.3 Å². The highest BCUT2D eigenvalue weighted by Crippen LogP contribution is 2.35. The quantitative estimate of drug-likeness (QED) is 0.830. The number of hydrogen-bond acceptors (Lipinski definition) is 5. The number of nitrogen functional groups attached to an aromatic ring is 1. The number of ketones is 1. The second-order valence-corrected chi connectivity index (χ2v) is 5.84. The Kier molecular flexibility index (Phi) is 4.61. The van der Waals surface area contributed by atoms with Gasteiger partial charge in [0.05, 0.1) is 10.6 Å². The lowest BCUT2D eigenvalue weighted by Crippen LogP contribution is -2.05. The van der Waals surface area contributed by atoms with Crippen molar-refractivity contribution in [3.63, 3.8) is 0 Å². The largest absolute Gasteiger partial charge is 0.396 e. The molecule has 0 saturated carbocycles. The van der Waals surface area contributed by atoms with Crippen molar-refractivity contribution in [2.45, 2.75) is 20.3 Å². The first-order valence-corrected chi connectivity index (χ1v) is 7.48. The molecular formula is C16H17N3OS. The Balaban J connectivity index is 2.11. The van der Waals surface area contributed by atoms with Crippen molar-refractivity contribution in [1.29, 1.82) is 5.26 Å². The van der Waals surface area contributed by atoms with Gasteiger partial charge in [0, 0.05) is 13.5 Å². The Morgan fingerprint density at radius 1 is 1.43 bits per heavy atom. The third-order valence-electron chi connectivity index (χ3n) is 3.32. The molecule has 0 aliphatic rings. The zero-order valence-corrected chi connectivity index (χ0v) is 12.9. The molecule has 1 heterocycles. The maximum absolute atomic E-state index is 11.5. The van der Waals surface area contributed by atoms with Crippen LogP contribution < -0.4 is 11.1 Å². The first-order chi connectivity index (χ1) is 10.0. The fourth-order valence-electron chi connectivity index (χ4n) is 2.14. The maximum atomic E-state index is 11.5. The summed E-state index contributed by atoms with van der Waals surface area (Å²) >= 11 is 1.25. The van der Waals surface area contributed by atoms with Crippen molar-refractivity contribution in [3.8, 4) is 6.07 Å². The fraction of sp³-hybridized carbons (Fsp3) is 0.250. The number of nitrogens with one attached hydrogen (secondary N) is 1. The van der Waals surface area contributed by atoms with E-state index < -0.39 is 0 Å². The summed E-state index contributed by atoms with van der Waals surface area (Å²) in [7, 11) is 0. The summed E-state index contributed by atoms with van der Waals surface area (Å²) in [5.41, 5.74) is 9.01. The van der Waals surface area contributed by atoms with Gasteiger partial charge in [0.15, 0.2) is 5.78 Å². The van der Waals surface area contributed by atoms with Gasteiger partial charge in [-0.1, -0.05) is 24.3 Å². The molecule has 0 spiro atoms. The topological polar surface area (TPSA) is 78.9 Å². The van der Waals surface area contributed by atoms with E-state index in [-0.39, 0.29) is 11.5 Å². The van der Waals surface area contributed by atoms with Crippen molar-refractivity contribution in [3.05, 3.63) is 45.8 Å². The normalized spacial score (nSPS) is 10.1. The summed E-state index contributed by atoms with van der Waals surface area (Å²) in [6, 6.07) is 10.3. The number of rotatable bonds is 5. The van der Waals surface area contributed by atoms with Crippen LogP contribution in [0.2, 0.25) is 0 Å². The molecule has 3 N–H and O–H groups in total. The van der Waals surface area contributed by atoms with Gasteiger partial charge in [-0.25, -0.2) is 0 Å². The fourth-order valence-corrected chi connectivity index (χ4v) is 3.13. The van der Waals surface area contributed by atoms with Gasteiger partial charge in [0.25, 0.3) is 0 Å². The molecule has 21 heavy (non-hydrogen) atoms. The summed E-state index contributed by atoms with van der Waals surface area (Å²) in [6.45, 7) is 4.23. The average Bonchev–Trinajstić information content (AvgIpc) is 2.77. The van der Waals surface area contributed by atoms with E-state index in [1.165, 1.54) is 29.4 Å². The van der Waals surface area contributed by atoms with E-state index in [2.05, 4.69) is 30.4 Å². The van der Waals surface area contributed by atoms with Crippen LogP contribution in [0.25, 0.3) is 0 Å². The predicted molar refractivity (Wildman–Crippen MR) is 86.8 cm³/mol. The number of hydrogen-bond donors (Lipinski definition) is 2. The molecular weight excluding hydrogens is 282 g/mol. The summed E-state index contributed by atoms with van der Waals surface area (Å²) < 4.78 is 0. The number of benzene rings is 1. The van der Waals surface area contributed by atoms with Crippen LogP contribution in [-0.2, 0) is 6.42 Å². The SMILES string of the molecule is CC(=O)c1sc(NCCc2ccccc2C)c(C#N)c1N. The van der Waals surface area contributed by atoms with E-state index in [1.807, 2.05) is 12.1 Å². The lowest BCUT2D eigenvalue weighted by molar-refractivity contribution is 0.102. The number of aryl methyl sites for hydroxylation is 1. The molecule has 0 unspecified atom stereocenters.